The summed E-state index contributed by atoms with van der Waals surface area (Å²) in [7, 11) is 0. The highest BCUT2D eigenvalue weighted by Crippen LogP contribution is 2.40. The topological polar surface area (TPSA) is 93.6 Å². The van der Waals surface area contributed by atoms with Gasteiger partial charge in [-0.15, -0.1) is 0 Å². The molecule has 7 heteroatoms. The van der Waals surface area contributed by atoms with Gasteiger partial charge in [0.25, 0.3) is 5.56 Å². The summed E-state index contributed by atoms with van der Waals surface area (Å²) < 4.78 is 12.8. The maximum Gasteiger partial charge on any atom is 0.330 e. The molecule has 2 unspecified atom stereocenters. The van der Waals surface area contributed by atoms with Crippen LogP contribution in [0.1, 0.15) is 18.2 Å². The SMILES string of the molecule is Cc1cn([C@H]2CC3OCC=CC3(CO)O2)c(=O)[nH]c1=O. The van der Waals surface area contributed by atoms with Gasteiger partial charge < -0.3 is 14.6 Å². The van der Waals surface area contributed by atoms with Gasteiger partial charge >= 0.3 is 5.69 Å². The largest absolute Gasteiger partial charge is 0.393 e. The van der Waals surface area contributed by atoms with Crippen molar-refractivity contribution in [3.63, 3.8) is 0 Å². The number of ether oxygens (including phenoxy) is 2. The molecule has 7 nitrogen and oxygen atoms in total. The number of aromatic nitrogens is 2. The Kier molecular flexibility index (Phi) is 3.12. The van der Waals surface area contributed by atoms with Gasteiger partial charge in [0, 0.05) is 18.2 Å². The normalized spacial score (nSPS) is 32.3. The van der Waals surface area contributed by atoms with E-state index in [1.807, 2.05) is 0 Å². The van der Waals surface area contributed by atoms with Crippen molar-refractivity contribution < 1.29 is 14.6 Å². The van der Waals surface area contributed by atoms with E-state index < -0.39 is 23.1 Å². The first-order chi connectivity index (χ1) is 9.55. The van der Waals surface area contributed by atoms with Crippen LogP contribution in [0.15, 0.2) is 27.9 Å². The maximum absolute atomic E-state index is 11.9. The Balaban J connectivity index is 1.98. The molecule has 3 heterocycles. The summed E-state index contributed by atoms with van der Waals surface area (Å²) in [6.07, 6.45) is 4.61. The second-order valence-corrected chi connectivity index (χ2v) is 5.12. The molecule has 3 atom stereocenters. The van der Waals surface area contributed by atoms with Gasteiger partial charge in [0.1, 0.15) is 11.8 Å². The van der Waals surface area contributed by atoms with Crippen molar-refractivity contribution in [2.24, 2.45) is 0 Å². The van der Waals surface area contributed by atoms with Crippen LogP contribution in [0.2, 0.25) is 0 Å². The lowest BCUT2D eigenvalue weighted by molar-refractivity contribution is -0.115. The molecule has 2 N–H and O–H groups in total. The quantitative estimate of drug-likeness (QED) is 0.709. The molecular formula is C13H16N2O5. The van der Waals surface area contributed by atoms with E-state index in [4.69, 9.17) is 9.47 Å². The molecular weight excluding hydrogens is 264 g/mol. The minimum atomic E-state index is -0.910. The fraction of sp³-hybridized carbons (Fsp3) is 0.538. The van der Waals surface area contributed by atoms with Crippen molar-refractivity contribution in [1.82, 2.24) is 9.55 Å². The molecule has 1 aromatic heterocycles. The molecule has 2 aliphatic heterocycles. The van der Waals surface area contributed by atoms with E-state index in [2.05, 4.69) is 4.98 Å². The van der Waals surface area contributed by atoms with Crippen LogP contribution in [-0.2, 0) is 9.47 Å². The standard InChI is InChI=1S/C13H16N2O5/c1-8-6-15(12(18)14-11(8)17)10-5-9-13(7-16,20-10)3-2-4-19-9/h2-3,6,9-10,16H,4-5,7H2,1H3,(H,14,17,18)/t9?,10-,13?/m1/s1. The van der Waals surface area contributed by atoms with Crippen molar-refractivity contribution in [3.05, 3.63) is 44.8 Å². The van der Waals surface area contributed by atoms with Crippen LogP contribution in [0.4, 0.5) is 0 Å². The van der Waals surface area contributed by atoms with Gasteiger partial charge in [-0.1, -0.05) is 6.08 Å². The Morgan fingerprint density at radius 2 is 2.35 bits per heavy atom. The van der Waals surface area contributed by atoms with Crippen LogP contribution in [0, 0.1) is 6.92 Å². The van der Waals surface area contributed by atoms with Crippen molar-refractivity contribution in [1.29, 1.82) is 0 Å². The molecule has 1 aromatic rings. The number of hydrogen-bond acceptors (Lipinski definition) is 5. The Labute approximate surface area is 114 Å². The van der Waals surface area contributed by atoms with Gasteiger partial charge in [0.2, 0.25) is 0 Å². The van der Waals surface area contributed by atoms with Gasteiger partial charge in [-0.3, -0.25) is 14.3 Å². The number of aryl methyl sites for hydroxylation is 1. The van der Waals surface area contributed by atoms with E-state index in [0.717, 1.165) is 0 Å². The Morgan fingerprint density at radius 3 is 3.05 bits per heavy atom. The highest BCUT2D eigenvalue weighted by atomic mass is 16.6. The lowest BCUT2D eigenvalue weighted by Crippen LogP contribution is -2.45. The highest BCUT2D eigenvalue weighted by molar-refractivity contribution is 5.14. The summed E-state index contributed by atoms with van der Waals surface area (Å²) in [5.74, 6) is 0. The Morgan fingerprint density at radius 1 is 1.55 bits per heavy atom. The molecule has 0 bridgehead atoms. The fourth-order valence-electron chi connectivity index (χ4n) is 2.70. The van der Waals surface area contributed by atoms with E-state index in [0.29, 0.717) is 18.6 Å². The summed E-state index contributed by atoms with van der Waals surface area (Å²) in [5.41, 5.74) is -1.42. The van der Waals surface area contributed by atoms with Gasteiger partial charge in [-0.25, -0.2) is 4.79 Å². The van der Waals surface area contributed by atoms with Crippen LogP contribution >= 0.6 is 0 Å². The number of fused-ring (bicyclic) bond motifs is 1. The van der Waals surface area contributed by atoms with Crippen molar-refractivity contribution in [3.8, 4) is 0 Å². The zero-order chi connectivity index (χ0) is 14.3. The van der Waals surface area contributed by atoms with Crippen LogP contribution in [0.3, 0.4) is 0 Å². The fourth-order valence-corrected chi connectivity index (χ4v) is 2.70. The third-order valence-electron chi connectivity index (χ3n) is 3.81. The average Bonchev–Trinajstić information content (AvgIpc) is 2.82. The molecule has 0 aromatic carbocycles. The molecule has 2 aliphatic rings. The first-order valence-electron chi connectivity index (χ1n) is 6.46. The van der Waals surface area contributed by atoms with Gasteiger partial charge in [0.05, 0.1) is 19.3 Å². The molecule has 1 saturated heterocycles. The van der Waals surface area contributed by atoms with E-state index in [-0.39, 0.29) is 12.7 Å². The molecule has 0 amide bonds. The number of aliphatic hydroxyl groups is 1. The number of aromatic amines is 1. The monoisotopic (exact) mass is 280 g/mol. The minimum Gasteiger partial charge on any atom is -0.393 e. The maximum atomic E-state index is 11.9. The molecule has 20 heavy (non-hydrogen) atoms. The van der Waals surface area contributed by atoms with Crippen LogP contribution in [0.25, 0.3) is 0 Å². The second-order valence-electron chi connectivity index (χ2n) is 5.12. The third kappa shape index (κ3) is 1.94. The smallest absolute Gasteiger partial charge is 0.330 e. The van der Waals surface area contributed by atoms with E-state index in [1.165, 1.54) is 10.8 Å². The molecule has 0 aliphatic carbocycles. The van der Waals surface area contributed by atoms with Crippen LogP contribution in [-0.4, -0.2) is 39.6 Å². The number of hydrogen-bond donors (Lipinski definition) is 2. The summed E-state index contributed by atoms with van der Waals surface area (Å²) in [5, 5.41) is 9.58. The number of nitrogens with one attached hydrogen (secondary N) is 1. The minimum absolute atomic E-state index is 0.220. The zero-order valence-corrected chi connectivity index (χ0v) is 11.0. The van der Waals surface area contributed by atoms with Crippen molar-refractivity contribution in [2.45, 2.75) is 31.3 Å². The summed E-state index contributed by atoms with van der Waals surface area (Å²) in [4.78, 5) is 25.5. The van der Waals surface area contributed by atoms with Crippen molar-refractivity contribution in [2.75, 3.05) is 13.2 Å². The summed E-state index contributed by atoms with van der Waals surface area (Å²) in [6.45, 7) is 1.86. The second kappa shape index (κ2) is 4.69. The van der Waals surface area contributed by atoms with Gasteiger partial charge in [0.15, 0.2) is 0 Å². The third-order valence-corrected chi connectivity index (χ3v) is 3.81. The Bertz CT molecular complexity index is 661. The van der Waals surface area contributed by atoms with Crippen molar-refractivity contribution >= 4 is 0 Å². The number of rotatable bonds is 2. The number of H-pyrrole nitrogens is 1. The first-order valence-corrected chi connectivity index (χ1v) is 6.46. The molecule has 108 valence electrons. The van der Waals surface area contributed by atoms with Gasteiger partial charge in [-0.2, -0.15) is 0 Å². The van der Waals surface area contributed by atoms with Crippen LogP contribution in [0.5, 0.6) is 0 Å². The summed E-state index contributed by atoms with van der Waals surface area (Å²) in [6, 6.07) is 0. The number of aliphatic hydroxyl groups excluding tert-OH is 1. The van der Waals surface area contributed by atoms with E-state index >= 15 is 0 Å². The molecule has 1 fully saturated rings. The average molecular weight is 280 g/mol. The Hall–Kier alpha value is -1.70. The predicted octanol–water partition coefficient (Wildman–Crippen LogP) is -0.550. The molecule has 0 spiro atoms. The number of nitrogens with zero attached hydrogens (tertiary/aromatic N) is 1. The van der Waals surface area contributed by atoms with Gasteiger partial charge in [-0.05, 0) is 13.0 Å². The zero-order valence-electron chi connectivity index (χ0n) is 11.0. The van der Waals surface area contributed by atoms with E-state index in [1.54, 1.807) is 19.1 Å². The molecule has 0 radical (unpaired) electrons. The lowest BCUT2D eigenvalue weighted by atomic mass is 9.95. The highest BCUT2D eigenvalue weighted by Gasteiger charge is 2.49. The lowest BCUT2D eigenvalue weighted by Gasteiger charge is -2.32. The van der Waals surface area contributed by atoms with Crippen LogP contribution < -0.4 is 11.2 Å². The van der Waals surface area contributed by atoms with E-state index in [9.17, 15) is 14.7 Å². The molecule has 0 saturated carbocycles. The first kappa shape index (κ1) is 13.3. The predicted molar refractivity (Wildman–Crippen MR) is 69.5 cm³/mol. The summed E-state index contributed by atoms with van der Waals surface area (Å²) >= 11 is 0. The molecule has 3 rings (SSSR count).